The molecule has 0 radical (unpaired) electrons. The second-order valence-electron chi connectivity index (χ2n) is 7.10. The number of para-hydroxylation sites is 1. The molecule has 4 aromatic rings. The van der Waals surface area contributed by atoms with Crippen molar-refractivity contribution in [2.45, 2.75) is 6.61 Å². The first-order valence-electron chi connectivity index (χ1n) is 10.0. The molecule has 0 atom stereocenters. The highest BCUT2D eigenvalue weighted by Crippen LogP contribution is 2.25. The highest BCUT2D eigenvalue weighted by molar-refractivity contribution is 9.10. The second kappa shape index (κ2) is 9.95. The molecule has 0 saturated carbocycles. The fraction of sp³-hybridized carbons (Fsp3) is 0.0370. The predicted molar refractivity (Wildman–Crippen MR) is 131 cm³/mol. The first-order chi connectivity index (χ1) is 15.6. The standard InChI is InChI=1S/C27H19BrN2O2/c28-23-12-14-24(15-13-23)30-27(31)22(17-29)16-20-7-2-4-11-26(20)32-18-21-9-5-8-19-6-1-3-10-25(19)21/h1-16H,18H2,(H,30,31)/b22-16+. The second-order valence-corrected chi connectivity index (χ2v) is 8.01. The molecule has 0 heterocycles. The van der Waals surface area contributed by atoms with E-state index in [2.05, 4.69) is 39.4 Å². The Kier molecular flexibility index (Phi) is 6.64. The van der Waals surface area contributed by atoms with Gasteiger partial charge in [0.1, 0.15) is 24.0 Å². The Balaban J connectivity index is 1.55. The topological polar surface area (TPSA) is 62.1 Å². The third-order valence-electron chi connectivity index (χ3n) is 4.95. The smallest absolute Gasteiger partial charge is 0.266 e. The van der Waals surface area contributed by atoms with E-state index in [9.17, 15) is 10.1 Å². The van der Waals surface area contributed by atoms with Gasteiger partial charge in [-0.2, -0.15) is 5.26 Å². The van der Waals surface area contributed by atoms with E-state index in [0.717, 1.165) is 20.8 Å². The number of hydrogen-bond donors (Lipinski definition) is 1. The zero-order chi connectivity index (χ0) is 22.3. The van der Waals surface area contributed by atoms with Crippen molar-refractivity contribution in [3.05, 3.63) is 112 Å². The van der Waals surface area contributed by atoms with E-state index in [0.29, 0.717) is 23.6 Å². The number of fused-ring (bicyclic) bond motifs is 1. The van der Waals surface area contributed by atoms with Crippen LogP contribution in [0, 0.1) is 11.3 Å². The van der Waals surface area contributed by atoms with Crippen LogP contribution in [0.25, 0.3) is 16.8 Å². The molecule has 4 rings (SSSR count). The lowest BCUT2D eigenvalue weighted by atomic mass is 10.1. The average Bonchev–Trinajstić information content (AvgIpc) is 2.83. The van der Waals surface area contributed by atoms with Gasteiger partial charge in [-0.05, 0) is 52.7 Å². The van der Waals surface area contributed by atoms with Crippen molar-refractivity contribution in [3.63, 3.8) is 0 Å². The Hall–Kier alpha value is -3.88. The maximum atomic E-state index is 12.6. The van der Waals surface area contributed by atoms with Crippen LogP contribution in [0.2, 0.25) is 0 Å². The lowest BCUT2D eigenvalue weighted by Gasteiger charge is -2.12. The minimum absolute atomic E-state index is 0.00544. The van der Waals surface area contributed by atoms with Crippen molar-refractivity contribution in [3.8, 4) is 11.8 Å². The normalized spacial score (nSPS) is 11.1. The molecule has 1 amide bonds. The first-order valence-corrected chi connectivity index (χ1v) is 10.8. The van der Waals surface area contributed by atoms with Crippen LogP contribution >= 0.6 is 15.9 Å². The van der Waals surface area contributed by atoms with E-state index in [1.165, 1.54) is 0 Å². The zero-order valence-corrected chi connectivity index (χ0v) is 18.7. The van der Waals surface area contributed by atoms with Crippen LogP contribution in [0.15, 0.2) is 101 Å². The molecule has 1 N–H and O–H groups in total. The number of carbonyl (C=O) groups excluding carboxylic acids is 1. The van der Waals surface area contributed by atoms with Crippen LogP contribution < -0.4 is 10.1 Å². The van der Waals surface area contributed by atoms with E-state index in [1.54, 1.807) is 18.2 Å². The average molecular weight is 483 g/mol. The van der Waals surface area contributed by atoms with Gasteiger partial charge >= 0.3 is 0 Å². The van der Waals surface area contributed by atoms with Crippen LogP contribution in [0.4, 0.5) is 5.69 Å². The number of amides is 1. The summed E-state index contributed by atoms with van der Waals surface area (Å²) in [4.78, 5) is 12.6. The van der Waals surface area contributed by atoms with Gasteiger partial charge in [-0.1, -0.05) is 76.6 Å². The molecule has 4 aromatic carbocycles. The summed E-state index contributed by atoms with van der Waals surface area (Å²) in [6.45, 7) is 0.374. The predicted octanol–water partition coefficient (Wildman–Crippen LogP) is 6.73. The van der Waals surface area contributed by atoms with Crippen LogP contribution in [-0.2, 0) is 11.4 Å². The van der Waals surface area contributed by atoms with Crippen molar-refractivity contribution in [1.29, 1.82) is 5.26 Å². The molecule has 4 nitrogen and oxygen atoms in total. The van der Waals surface area contributed by atoms with Crippen molar-refractivity contribution in [2.75, 3.05) is 5.32 Å². The van der Waals surface area contributed by atoms with Gasteiger partial charge in [0.25, 0.3) is 5.91 Å². The molecule has 0 aromatic heterocycles. The quantitative estimate of drug-likeness (QED) is 0.244. The minimum Gasteiger partial charge on any atom is -0.488 e. The number of rotatable bonds is 6. The number of nitrogens with zero attached hydrogens (tertiary/aromatic N) is 1. The Morgan fingerprint density at radius 3 is 2.47 bits per heavy atom. The van der Waals surface area contributed by atoms with Gasteiger partial charge in [0.2, 0.25) is 0 Å². The highest BCUT2D eigenvalue weighted by atomic mass is 79.9. The molecule has 0 aliphatic heterocycles. The molecule has 0 aliphatic rings. The summed E-state index contributed by atoms with van der Waals surface area (Å²) >= 11 is 3.36. The van der Waals surface area contributed by atoms with Gasteiger partial charge in [-0.3, -0.25) is 4.79 Å². The van der Waals surface area contributed by atoms with Crippen LogP contribution in [0.5, 0.6) is 5.75 Å². The zero-order valence-electron chi connectivity index (χ0n) is 17.1. The van der Waals surface area contributed by atoms with E-state index >= 15 is 0 Å². The summed E-state index contributed by atoms with van der Waals surface area (Å²) in [5.41, 5.74) is 2.33. The van der Waals surface area contributed by atoms with Gasteiger partial charge in [0, 0.05) is 15.7 Å². The number of hydrogen-bond acceptors (Lipinski definition) is 3. The highest BCUT2D eigenvalue weighted by Gasteiger charge is 2.12. The molecular weight excluding hydrogens is 464 g/mol. The molecule has 0 fully saturated rings. The number of anilines is 1. The van der Waals surface area contributed by atoms with Crippen LogP contribution in [0.3, 0.4) is 0 Å². The lowest BCUT2D eigenvalue weighted by molar-refractivity contribution is -0.112. The number of ether oxygens (including phenoxy) is 1. The van der Waals surface area contributed by atoms with Gasteiger partial charge < -0.3 is 10.1 Å². The third-order valence-corrected chi connectivity index (χ3v) is 5.48. The SMILES string of the molecule is N#C/C(=C\c1ccccc1OCc1cccc2ccccc12)C(=O)Nc1ccc(Br)cc1. The Labute approximate surface area is 194 Å². The van der Waals surface area contributed by atoms with Crippen LogP contribution in [-0.4, -0.2) is 5.91 Å². The van der Waals surface area contributed by atoms with E-state index < -0.39 is 5.91 Å². The molecule has 156 valence electrons. The molecule has 0 bridgehead atoms. The van der Waals surface area contributed by atoms with Crippen molar-refractivity contribution < 1.29 is 9.53 Å². The number of halogens is 1. The molecule has 0 saturated heterocycles. The van der Waals surface area contributed by atoms with Gasteiger partial charge in [-0.25, -0.2) is 0 Å². The number of carbonyl (C=O) groups is 1. The van der Waals surface area contributed by atoms with Crippen molar-refractivity contribution in [1.82, 2.24) is 0 Å². The summed E-state index contributed by atoms with van der Waals surface area (Å²) in [7, 11) is 0. The van der Waals surface area contributed by atoms with E-state index in [4.69, 9.17) is 4.74 Å². The Morgan fingerprint density at radius 2 is 1.66 bits per heavy atom. The molecule has 5 heteroatoms. The molecule has 32 heavy (non-hydrogen) atoms. The molecule has 0 spiro atoms. The Morgan fingerprint density at radius 1 is 0.938 bits per heavy atom. The van der Waals surface area contributed by atoms with Crippen molar-refractivity contribution in [2.24, 2.45) is 0 Å². The number of nitrogens with one attached hydrogen (secondary N) is 1. The maximum absolute atomic E-state index is 12.6. The molecular formula is C27H19BrN2O2. The third kappa shape index (κ3) is 5.05. The monoisotopic (exact) mass is 482 g/mol. The number of nitriles is 1. The maximum Gasteiger partial charge on any atom is 0.266 e. The fourth-order valence-electron chi connectivity index (χ4n) is 3.34. The Bertz CT molecular complexity index is 1330. The van der Waals surface area contributed by atoms with E-state index in [1.807, 2.05) is 66.7 Å². The number of benzene rings is 4. The molecule has 0 aliphatic carbocycles. The largest absolute Gasteiger partial charge is 0.488 e. The van der Waals surface area contributed by atoms with Crippen molar-refractivity contribution >= 4 is 44.4 Å². The summed E-state index contributed by atoms with van der Waals surface area (Å²) in [5, 5.41) is 14.6. The summed E-state index contributed by atoms with van der Waals surface area (Å²) < 4.78 is 7.00. The van der Waals surface area contributed by atoms with Gasteiger partial charge in [0.15, 0.2) is 0 Å². The molecule has 0 unspecified atom stereocenters. The van der Waals surface area contributed by atoms with Gasteiger partial charge in [0.05, 0.1) is 0 Å². The summed E-state index contributed by atoms with van der Waals surface area (Å²) in [6, 6.07) is 30.8. The minimum atomic E-state index is -0.473. The lowest BCUT2D eigenvalue weighted by Crippen LogP contribution is -2.13. The van der Waals surface area contributed by atoms with Gasteiger partial charge in [-0.15, -0.1) is 0 Å². The van der Waals surface area contributed by atoms with Crippen LogP contribution in [0.1, 0.15) is 11.1 Å². The summed E-state index contributed by atoms with van der Waals surface area (Å²) in [5.74, 6) is 0.128. The van der Waals surface area contributed by atoms with E-state index in [-0.39, 0.29) is 5.57 Å². The first kappa shape index (κ1) is 21.4. The summed E-state index contributed by atoms with van der Waals surface area (Å²) in [6.07, 6.45) is 1.55. The fourth-order valence-corrected chi connectivity index (χ4v) is 3.61.